The molecule has 1 amide bonds. The third kappa shape index (κ3) is 1.60. The van der Waals surface area contributed by atoms with Gasteiger partial charge in [-0.25, -0.2) is 0 Å². The zero-order valence-electron chi connectivity index (χ0n) is 10.8. The van der Waals surface area contributed by atoms with Crippen molar-refractivity contribution in [2.45, 2.75) is 6.54 Å². The van der Waals surface area contributed by atoms with Gasteiger partial charge in [0.05, 0.1) is 5.52 Å². The minimum atomic E-state index is 0.0141. The molecule has 0 saturated carbocycles. The lowest BCUT2D eigenvalue weighted by Gasteiger charge is -2.07. The van der Waals surface area contributed by atoms with E-state index in [9.17, 15) is 4.79 Å². The molecule has 4 rings (SSSR count). The number of hydrogen-bond acceptors (Lipinski definition) is 2. The zero-order valence-corrected chi connectivity index (χ0v) is 10.8. The average molecular weight is 260 g/mol. The summed E-state index contributed by atoms with van der Waals surface area (Å²) in [5, 5.41) is 3.95. The third-order valence-electron chi connectivity index (χ3n) is 3.75. The maximum Gasteiger partial charge on any atom is 0.251 e. The summed E-state index contributed by atoms with van der Waals surface area (Å²) in [4.78, 5) is 16.2. The molecule has 2 heterocycles. The quantitative estimate of drug-likeness (QED) is 0.730. The van der Waals surface area contributed by atoms with Crippen molar-refractivity contribution in [2.75, 3.05) is 0 Å². The van der Waals surface area contributed by atoms with Crippen molar-refractivity contribution in [3.05, 3.63) is 65.9 Å². The number of benzene rings is 2. The lowest BCUT2D eigenvalue weighted by Crippen LogP contribution is -2.12. The number of pyridine rings is 1. The molecular formula is C17H12N2O. The van der Waals surface area contributed by atoms with Crippen LogP contribution in [0.15, 0.2) is 54.7 Å². The topological polar surface area (TPSA) is 42.0 Å². The second-order valence-electron chi connectivity index (χ2n) is 4.93. The SMILES string of the molecule is O=C1NCc2ccc(-c3cccc4ncccc34)cc21. The number of nitrogens with zero attached hydrogens (tertiary/aromatic N) is 1. The van der Waals surface area contributed by atoms with E-state index in [1.165, 1.54) is 0 Å². The molecule has 0 atom stereocenters. The first kappa shape index (κ1) is 11.2. The van der Waals surface area contributed by atoms with Crippen LogP contribution in [0.25, 0.3) is 22.0 Å². The molecule has 0 saturated heterocycles. The van der Waals surface area contributed by atoms with Gasteiger partial charge in [-0.1, -0.05) is 30.3 Å². The highest BCUT2D eigenvalue weighted by atomic mass is 16.1. The van der Waals surface area contributed by atoms with Crippen LogP contribution in [0.5, 0.6) is 0 Å². The van der Waals surface area contributed by atoms with Crippen LogP contribution in [0.1, 0.15) is 15.9 Å². The van der Waals surface area contributed by atoms with Crippen molar-refractivity contribution in [1.82, 2.24) is 10.3 Å². The molecule has 20 heavy (non-hydrogen) atoms. The normalized spacial score (nSPS) is 13.3. The molecule has 3 aromatic rings. The van der Waals surface area contributed by atoms with Gasteiger partial charge in [0.1, 0.15) is 0 Å². The number of rotatable bonds is 1. The Labute approximate surface area is 116 Å². The maximum absolute atomic E-state index is 11.8. The van der Waals surface area contributed by atoms with E-state index < -0.39 is 0 Å². The summed E-state index contributed by atoms with van der Waals surface area (Å²) in [6.45, 7) is 0.630. The first-order valence-electron chi connectivity index (χ1n) is 6.58. The summed E-state index contributed by atoms with van der Waals surface area (Å²) in [7, 11) is 0. The molecule has 0 aliphatic carbocycles. The van der Waals surface area contributed by atoms with E-state index in [1.54, 1.807) is 6.20 Å². The number of carbonyl (C=O) groups excluding carboxylic acids is 1. The summed E-state index contributed by atoms with van der Waals surface area (Å²) in [5.74, 6) is 0.0141. The Hall–Kier alpha value is -2.68. The van der Waals surface area contributed by atoms with Gasteiger partial charge in [0.15, 0.2) is 0 Å². The molecule has 96 valence electrons. The minimum Gasteiger partial charge on any atom is -0.348 e. The Bertz CT molecular complexity index is 834. The first-order chi connectivity index (χ1) is 9.83. The highest BCUT2D eigenvalue weighted by molar-refractivity contribution is 6.01. The predicted octanol–water partition coefficient (Wildman–Crippen LogP) is 3.15. The molecule has 1 N–H and O–H groups in total. The average Bonchev–Trinajstić information content (AvgIpc) is 2.88. The van der Waals surface area contributed by atoms with E-state index in [2.05, 4.69) is 28.5 Å². The van der Waals surface area contributed by atoms with Crippen molar-refractivity contribution in [2.24, 2.45) is 0 Å². The smallest absolute Gasteiger partial charge is 0.251 e. The number of carbonyl (C=O) groups is 1. The number of amides is 1. The molecule has 0 fully saturated rings. The Morgan fingerprint density at radius 3 is 2.90 bits per heavy atom. The molecular weight excluding hydrogens is 248 g/mol. The number of nitrogens with one attached hydrogen (secondary N) is 1. The van der Waals surface area contributed by atoms with Gasteiger partial charge in [0.2, 0.25) is 0 Å². The lowest BCUT2D eigenvalue weighted by atomic mass is 9.97. The van der Waals surface area contributed by atoms with Crippen molar-refractivity contribution < 1.29 is 4.79 Å². The Kier molecular flexibility index (Phi) is 2.33. The van der Waals surface area contributed by atoms with E-state index in [1.807, 2.05) is 30.3 Å². The fourth-order valence-electron chi connectivity index (χ4n) is 2.74. The van der Waals surface area contributed by atoms with E-state index in [0.29, 0.717) is 6.54 Å². The second-order valence-corrected chi connectivity index (χ2v) is 4.93. The fourth-order valence-corrected chi connectivity index (χ4v) is 2.74. The van der Waals surface area contributed by atoms with Gasteiger partial charge in [-0.3, -0.25) is 9.78 Å². The monoisotopic (exact) mass is 260 g/mol. The maximum atomic E-state index is 11.8. The Balaban J connectivity index is 1.96. The van der Waals surface area contributed by atoms with E-state index in [-0.39, 0.29) is 5.91 Å². The van der Waals surface area contributed by atoms with Crippen LogP contribution in [0.4, 0.5) is 0 Å². The molecule has 3 heteroatoms. The van der Waals surface area contributed by atoms with Gasteiger partial charge >= 0.3 is 0 Å². The predicted molar refractivity (Wildman–Crippen MR) is 78.3 cm³/mol. The molecule has 3 nitrogen and oxygen atoms in total. The highest BCUT2D eigenvalue weighted by Crippen LogP contribution is 2.30. The highest BCUT2D eigenvalue weighted by Gasteiger charge is 2.19. The molecule has 0 unspecified atom stereocenters. The number of hydrogen-bond donors (Lipinski definition) is 1. The summed E-state index contributed by atoms with van der Waals surface area (Å²) >= 11 is 0. The van der Waals surface area contributed by atoms with Crippen LogP contribution in [-0.4, -0.2) is 10.9 Å². The molecule has 2 aromatic carbocycles. The molecule has 1 aliphatic heterocycles. The Morgan fingerprint density at radius 1 is 1.00 bits per heavy atom. The van der Waals surface area contributed by atoms with Crippen LogP contribution in [0.3, 0.4) is 0 Å². The van der Waals surface area contributed by atoms with Crippen LogP contribution in [-0.2, 0) is 6.54 Å². The lowest BCUT2D eigenvalue weighted by molar-refractivity contribution is 0.0966. The molecule has 0 spiro atoms. The zero-order chi connectivity index (χ0) is 13.5. The molecule has 0 radical (unpaired) electrons. The van der Waals surface area contributed by atoms with Gasteiger partial charge in [-0.2, -0.15) is 0 Å². The van der Waals surface area contributed by atoms with Crippen molar-refractivity contribution >= 4 is 16.8 Å². The Morgan fingerprint density at radius 2 is 1.95 bits per heavy atom. The third-order valence-corrected chi connectivity index (χ3v) is 3.75. The van der Waals surface area contributed by atoms with E-state index in [0.717, 1.165) is 33.2 Å². The summed E-state index contributed by atoms with van der Waals surface area (Å²) in [6.07, 6.45) is 1.79. The van der Waals surface area contributed by atoms with Gasteiger partial charge in [-0.05, 0) is 34.9 Å². The van der Waals surface area contributed by atoms with Gasteiger partial charge in [0, 0.05) is 23.7 Å². The van der Waals surface area contributed by atoms with Gasteiger partial charge < -0.3 is 5.32 Å². The van der Waals surface area contributed by atoms with Crippen LogP contribution in [0, 0.1) is 0 Å². The van der Waals surface area contributed by atoms with Crippen molar-refractivity contribution in [3.8, 4) is 11.1 Å². The van der Waals surface area contributed by atoms with Crippen LogP contribution in [0.2, 0.25) is 0 Å². The van der Waals surface area contributed by atoms with Crippen molar-refractivity contribution in [3.63, 3.8) is 0 Å². The number of fused-ring (bicyclic) bond motifs is 2. The summed E-state index contributed by atoms with van der Waals surface area (Å²) in [5.41, 5.74) is 4.98. The number of aromatic nitrogens is 1. The summed E-state index contributed by atoms with van der Waals surface area (Å²) in [6, 6.07) is 16.1. The van der Waals surface area contributed by atoms with E-state index >= 15 is 0 Å². The largest absolute Gasteiger partial charge is 0.348 e. The minimum absolute atomic E-state index is 0.0141. The van der Waals surface area contributed by atoms with Crippen LogP contribution >= 0.6 is 0 Å². The van der Waals surface area contributed by atoms with E-state index in [4.69, 9.17) is 0 Å². The van der Waals surface area contributed by atoms with Crippen LogP contribution < -0.4 is 5.32 Å². The molecule has 1 aromatic heterocycles. The summed E-state index contributed by atoms with van der Waals surface area (Å²) < 4.78 is 0. The molecule has 0 bridgehead atoms. The van der Waals surface area contributed by atoms with Gasteiger partial charge in [0.25, 0.3) is 5.91 Å². The van der Waals surface area contributed by atoms with Crippen molar-refractivity contribution in [1.29, 1.82) is 0 Å². The second kappa shape index (κ2) is 4.17. The first-order valence-corrected chi connectivity index (χ1v) is 6.58. The molecule has 1 aliphatic rings. The standard InChI is InChI=1S/C17H12N2O/c20-17-15-9-11(6-7-12(15)10-19-17)13-3-1-5-16-14(13)4-2-8-18-16/h1-9H,10H2,(H,19,20). The van der Waals surface area contributed by atoms with Gasteiger partial charge in [-0.15, -0.1) is 0 Å². The fraction of sp³-hybridized carbons (Fsp3) is 0.0588.